The monoisotopic (exact) mass is 607 g/mol. The molecule has 0 aliphatic carbocycles. The Bertz CT molecular complexity index is 1650. The van der Waals surface area contributed by atoms with Gasteiger partial charge in [-0.1, -0.05) is 48.5 Å². The first-order valence-corrected chi connectivity index (χ1v) is 14.8. The highest BCUT2D eigenvalue weighted by atomic mass is 32.2. The van der Waals surface area contributed by atoms with E-state index in [1.54, 1.807) is 30.3 Å². The Balaban J connectivity index is 1.79. The number of nitrogens with zero attached hydrogens (tertiary/aromatic N) is 2. The van der Waals surface area contributed by atoms with Gasteiger partial charge < -0.3 is 15.0 Å². The van der Waals surface area contributed by atoms with Crippen LogP contribution in [-0.4, -0.2) is 51.9 Å². The van der Waals surface area contributed by atoms with E-state index in [2.05, 4.69) is 5.32 Å². The molecule has 0 aliphatic heterocycles. The number of likely N-dealkylation sites (N-methyl/N-ethyl adjacent to an activating group) is 1. The molecule has 0 unspecified atom stereocenters. The minimum atomic E-state index is -4.38. The summed E-state index contributed by atoms with van der Waals surface area (Å²) in [5, 5.41) is 2.57. The molecule has 0 saturated carbocycles. The number of halogens is 2. The van der Waals surface area contributed by atoms with E-state index in [0.717, 1.165) is 22.0 Å². The molecule has 0 aliphatic rings. The fourth-order valence-corrected chi connectivity index (χ4v) is 5.96. The van der Waals surface area contributed by atoms with Crippen LogP contribution in [0.4, 0.5) is 14.5 Å². The summed E-state index contributed by atoms with van der Waals surface area (Å²) < 4.78 is 62.5. The SMILES string of the molecule is CNC(=O)[C@H](Cc1ccccc1)N(Cc1ccccc1F)C(=O)CN(c1ccc(F)cc1)S(=O)(=O)c1ccc(OC)cc1. The van der Waals surface area contributed by atoms with Crippen LogP contribution in [0.1, 0.15) is 11.1 Å². The van der Waals surface area contributed by atoms with Crippen molar-refractivity contribution in [1.82, 2.24) is 10.2 Å². The van der Waals surface area contributed by atoms with E-state index in [0.29, 0.717) is 5.75 Å². The highest BCUT2D eigenvalue weighted by Crippen LogP contribution is 2.27. The third kappa shape index (κ3) is 7.55. The Morgan fingerprint density at radius 2 is 1.49 bits per heavy atom. The topological polar surface area (TPSA) is 96.0 Å². The first-order valence-electron chi connectivity index (χ1n) is 13.3. The van der Waals surface area contributed by atoms with Gasteiger partial charge in [0.2, 0.25) is 11.8 Å². The van der Waals surface area contributed by atoms with Gasteiger partial charge in [-0.25, -0.2) is 17.2 Å². The van der Waals surface area contributed by atoms with Crippen molar-refractivity contribution < 1.29 is 31.5 Å². The standard InChI is InChI=1S/C32H31F2N3O5S/c1-35-32(39)30(20-23-8-4-3-5-9-23)36(21-24-10-6-7-11-29(24)34)31(38)22-37(26-14-12-25(33)13-15-26)43(40,41)28-18-16-27(42-2)17-19-28/h3-19,30H,20-22H2,1-2H3,(H,35,39)/t30-/m0/s1. The molecule has 0 spiro atoms. The minimum absolute atomic E-state index is 0.0240. The van der Waals surface area contributed by atoms with Crippen molar-refractivity contribution in [3.8, 4) is 5.75 Å². The normalized spacial score (nSPS) is 11.8. The second-order valence-corrected chi connectivity index (χ2v) is 11.5. The lowest BCUT2D eigenvalue weighted by Crippen LogP contribution is -2.53. The van der Waals surface area contributed by atoms with Crippen LogP contribution in [0.15, 0.2) is 108 Å². The molecule has 4 aromatic carbocycles. The van der Waals surface area contributed by atoms with Crippen LogP contribution in [0.2, 0.25) is 0 Å². The third-order valence-corrected chi connectivity index (χ3v) is 8.65. The number of amides is 2. The van der Waals surface area contributed by atoms with Crippen molar-refractivity contribution in [3.05, 3.63) is 126 Å². The number of nitrogens with one attached hydrogen (secondary N) is 1. The number of anilines is 1. The maximum Gasteiger partial charge on any atom is 0.264 e. The lowest BCUT2D eigenvalue weighted by atomic mass is 10.0. The van der Waals surface area contributed by atoms with Crippen LogP contribution in [0.3, 0.4) is 0 Å². The van der Waals surface area contributed by atoms with E-state index >= 15 is 0 Å². The summed E-state index contributed by atoms with van der Waals surface area (Å²) in [5.74, 6) is -2.04. The Kier molecular flexibility index (Phi) is 10.1. The molecule has 2 amide bonds. The summed E-state index contributed by atoms with van der Waals surface area (Å²) in [6.07, 6.45) is 0.0858. The molecule has 0 fully saturated rings. The number of sulfonamides is 1. The van der Waals surface area contributed by atoms with Gasteiger partial charge in [0.25, 0.3) is 10.0 Å². The average molecular weight is 608 g/mol. The molecule has 4 aromatic rings. The van der Waals surface area contributed by atoms with Crippen LogP contribution >= 0.6 is 0 Å². The number of methoxy groups -OCH3 is 1. The van der Waals surface area contributed by atoms with Crippen molar-refractivity contribution in [2.45, 2.75) is 23.9 Å². The predicted molar refractivity (Wildman–Crippen MR) is 159 cm³/mol. The van der Waals surface area contributed by atoms with E-state index in [1.165, 1.54) is 73.7 Å². The van der Waals surface area contributed by atoms with Crippen LogP contribution in [-0.2, 0) is 32.6 Å². The predicted octanol–water partition coefficient (Wildman–Crippen LogP) is 4.55. The average Bonchev–Trinajstić information content (AvgIpc) is 3.02. The molecule has 0 heterocycles. The zero-order valence-corrected chi connectivity index (χ0v) is 24.4. The molecule has 1 N–H and O–H groups in total. The smallest absolute Gasteiger partial charge is 0.264 e. The van der Waals surface area contributed by atoms with Crippen LogP contribution in [0.25, 0.3) is 0 Å². The molecular formula is C32H31F2N3O5S. The van der Waals surface area contributed by atoms with Crippen molar-refractivity contribution in [2.75, 3.05) is 25.0 Å². The molecule has 0 bridgehead atoms. The fraction of sp³-hybridized carbons (Fsp3) is 0.188. The number of hydrogen-bond acceptors (Lipinski definition) is 5. The fourth-order valence-electron chi connectivity index (χ4n) is 4.54. The van der Waals surface area contributed by atoms with E-state index in [1.807, 2.05) is 6.07 Å². The first kappa shape index (κ1) is 31.2. The maximum atomic E-state index is 14.8. The summed E-state index contributed by atoms with van der Waals surface area (Å²) >= 11 is 0. The number of carbonyl (C=O) groups excluding carboxylic acids is 2. The molecule has 0 aromatic heterocycles. The van der Waals surface area contributed by atoms with Crippen molar-refractivity contribution in [3.63, 3.8) is 0 Å². The van der Waals surface area contributed by atoms with Gasteiger partial charge in [-0.3, -0.25) is 13.9 Å². The van der Waals surface area contributed by atoms with Crippen molar-refractivity contribution >= 4 is 27.5 Å². The van der Waals surface area contributed by atoms with Gasteiger partial charge in [-0.2, -0.15) is 0 Å². The quantitative estimate of drug-likeness (QED) is 0.255. The summed E-state index contributed by atoms with van der Waals surface area (Å²) in [7, 11) is -1.52. The number of hydrogen-bond donors (Lipinski definition) is 1. The molecule has 0 saturated heterocycles. The zero-order valence-electron chi connectivity index (χ0n) is 23.6. The molecule has 8 nitrogen and oxygen atoms in total. The van der Waals surface area contributed by atoms with E-state index in [9.17, 15) is 26.8 Å². The van der Waals surface area contributed by atoms with Crippen LogP contribution in [0.5, 0.6) is 5.75 Å². The largest absolute Gasteiger partial charge is 0.497 e. The Morgan fingerprint density at radius 3 is 2.09 bits per heavy atom. The third-order valence-electron chi connectivity index (χ3n) is 6.86. The summed E-state index contributed by atoms with van der Waals surface area (Å²) in [6.45, 7) is -1.06. The van der Waals surface area contributed by atoms with Gasteiger partial charge in [-0.15, -0.1) is 0 Å². The molecule has 1 atom stereocenters. The lowest BCUT2D eigenvalue weighted by molar-refractivity contribution is -0.139. The summed E-state index contributed by atoms with van der Waals surface area (Å²) in [4.78, 5) is 28.4. The first-order chi connectivity index (χ1) is 20.6. The van der Waals surface area contributed by atoms with Crippen LogP contribution < -0.4 is 14.4 Å². The summed E-state index contributed by atoms with van der Waals surface area (Å²) in [6, 6.07) is 23.9. The highest BCUT2D eigenvalue weighted by Gasteiger charge is 2.34. The molecule has 43 heavy (non-hydrogen) atoms. The van der Waals surface area contributed by atoms with Gasteiger partial charge in [0.05, 0.1) is 17.7 Å². The number of rotatable bonds is 12. The number of carbonyl (C=O) groups is 2. The van der Waals surface area contributed by atoms with E-state index in [4.69, 9.17) is 4.74 Å². The lowest BCUT2D eigenvalue weighted by Gasteiger charge is -2.33. The van der Waals surface area contributed by atoms with Gasteiger partial charge >= 0.3 is 0 Å². The molecule has 11 heteroatoms. The van der Waals surface area contributed by atoms with Crippen molar-refractivity contribution in [2.24, 2.45) is 0 Å². The highest BCUT2D eigenvalue weighted by molar-refractivity contribution is 7.92. The molecule has 0 radical (unpaired) electrons. The number of ether oxygens (including phenoxy) is 1. The van der Waals surface area contributed by atoms with Gasteiger partial charge in [-0.05, 0) is 60.2 Å². The van der Waals surface area contributed by atoms with Crippen LogP contribution in [0, 0.1) is 11.6 Å². The second-order valence-electron chi connectivity index (χ2n) is 9.60. The Morgan fingerprint density at radius 1 is 0.860 bits per heavy atom. The Hall–Kier alpha value is -4.77. The molecule has 4 rings (SSSR count). The molecular weight excluding hydrogens is 576 g/mol. The second kappa shape index (κ2) is 13.9. The van der Waals surface area contributed by atoms with E-state index in [-0.39, 0.29) is 29.1 Å². The maximum absolute atomic E-state index is 14.8. The van der Waals surface area contributed by atoms with Crippen molar-refractivity contribution in [1.29, 1.82) is 0 Å². The van der Waals surface area contributed by atoms with Gasteiger partial charge in [0.15, 0.2) is 0 Å². The van der Waals surface area contributed by atoms with Gasteiger partial charge in [0, 0.05) is 25.6 Å². The minimum Gasteiger partial charge on any atom is -0.497 e. The van der Waals surface area contributed by atoms with E-state index < -0.39 is 46.1 Å². The Labute approximate surface area is 249 Å². The zero-order chi connectivity index (χ0) is 31.0. The number of benzene rings is 4. The van der Waals surface area contributed by atoms with Gasteiger partial charge in [0.1, 0.15) is 30.0 Å². The summed E-state index contributed by atoms with van der Waals surface area (Å²) in [5.41, 5.74) is 0.906. The molecule has 224 valence electrons.